The summed E-state index contributed by atoms with van der Waals surface area (Å²) in [6.45, 7) is 0.143. The molecule has 7 N–H and O–H groups in total. The lowest BCUT2D eigenvalue weighted by Crippen LogP contribution is -2.46. The van der Waals surface area contributed by atoms with E-state index in [9.17, 15) is 28.0 Å². The number of carboxylic acid groups (broad SMARTS) is 2. The Kier molecular flexibility index (Phi) is 6.65. The summed E-state index contributed by atoms with van der Waals surface area (Å²) >= 11 is 0. The quantitative estimate of drug-likeness (QED) is 0.245. The fourth-order valence-corrected chi connectivity index (χ4v) is 2.77. The van der Waals surface area contributed by atoms with Gasteiger partial charge in [-0.25, -0.2) is 19.6 Å². The number of H-pyrrole nitrogens is 1. The minimum atomic E-state index is -4.33. The van der Waals surface area contributed by atoms with E-state index in [2.05, 4.69) is 25.3 Å². The first-order valence-electron chi connectivity index (χ1n) is 9.46. The molecule has 0 spiro atoms. The standard InChI is InChI=1S/C19H17F2N7O6/c20-19(21,17(33)34)5-11(16(31)32)26-14(29)8-1-3-9(4-2-8)23-6-10-7-24-13-12(25-10)15(30)28-18(22)27-13/h1-4,7,11,23H,5-6H2,(H,26,29)(H,31,32)(H,33,34)(H3,22,24,27,28,30)/t11-/m0/s1. The van der Waals surface area contributed by atoms with Crippen molar-refractivity contribution in [1.82, 2.24) is 25.3 Å². The van der Waals surface area contributed by atoms with E-state index in [-0.39, 0.29) is 29.2 Å². The van der Waals surface area contributed by atoms with Crippen molar-refractivity contribution in [3.8, 4) is 0 Å². The molecule has 0 saturated carbocycles. The smallest absolute Gasteiger partial charge is 0.374 e. The summed E-state index contributed by atoms with van der Waals surface area (Å²) in [6, 6.07) is 3.40. The fourth-order valence-electron chi connectivity index (χ4n) is 2.77. The summed E-state index contributed by atoms with van der Waals surface area (Å²) in [4.78, 5) is 60.2. The first kappa shape index (κ1) is 24.0. The molecule has 15 heteroatoms. The van der Waals surface area contributed by atoms with Crippen LogP contribution in [-0.2, 0) is 16.1 Å². The lowest BCUT2D eigenvalue weighted by molar-refractivity contribution is -0.167. The highest BCUT2D eigenvalue weighted by Gasteiger charge is 2.43. The number of nitrogens with zero attached hydrogens (tertiary/aromatic N) is 3. The highest BCUT2D eigenvalue weighted by molar-refractivity contribution is 5.97. The average Bonchev–Trinajstić information content (AvgIpc) is 2.77. The topological polar surface area (TPSA) is 213 Å². The van der Waals surface area contributed by atoms with Crippen LogP contribution in [-0.4, -0.2) is 60.0 Å². The summed E-state index contributed by atoms with van der Waals surface area (Å²) < 4.78 is 26.7. The van der Waals surface area contributed by atoms with Crippen molar-refractivity contribution in [3.63, 3.8) is 0 Å². The van der Waals surface area contributed by atoms with Gasteiger partial charge >= 0.3 is 17.9 Å². The third-order valence-corrected chi connectivity index (χ3v) is 4.48. The average molecular weight is 477 g/mol. The molecule has 0 fully saturated rings. The summed E-state index contributed by atoms with van der Waals surface area (Å²) in [5.74, 6) is -9.70. The van der Waals surface area contributed by atoms with Crippen LogP contribution in [0.1, 0.15) is 22.5 Å². The van der Waals surface area contributed by atoms with Gasteiger partial charge in [0.1, 0.15) is 6.04 Å². The number of nitrogens with two attached hydrogens (primary N) is 1. The number of carboxylic acids is 2. The highest BCUT2D eigenvalue weighted by Crippen LogP contribution is 2.21. The highest BCUT2D eigenvalue weighted by atomic mass is 19.3. The van der Waals surface area contributed by atoms with E-state index < -0.39 is 41.8 Å². The SMILES string of the molecule is Nc1nc2ncc(CNc3ccc(C(=O)N[C@@H](CC(F)(F)C(=O)O)C(=O)O)cc3)nc2c(=O)[nH]1. The predicted octanol–water partition coefficient (Wildman–Crippen LogP) is 0.200. The number of hydrogen-bond acceptors (Lipinski definition) is 9. The maximum atomic E-state index is 13.4. The Labute approximate surface area is 188 Å². The van der Waals surface area contributed by atoms with Gasteiger partial charge in [0.2, 0.25) is 5.95 Å². The van der Waals surface area contributed by atoms with Gasteiger partial charge in [-0.05, 0) is 24.3 Å². The van der Waals surface area contributed by atoms with Crippen molar-refractivity contribution in [2.75, 3.05) is 11.1 Å². The minimum absolute atomic E-state index is 0.00183. The number of benzene rings is 1. The van der Waals surface area contributed by atoms with E-state index in [0.717, 1.165) is 0 Å². The molecule has 1 amide bonds. The van der Waals surface area contributed by atoms with Crippen molar-refractivity contribution in [1.29, 1.82) is 0 Å². The third kappa shape index (κ3) is 5.56. The summed E-state index contributed by atoms with van der Waals surface area (Å²) in [5.41, 5.74) is 5.85. The Balaban J connectivity index is 1.64. The molecule has 0 saturated heterocycles. The summed E-state index contributed by atoms with van der Waals surface area (Å²) in [6.07, 6.45) is -0.219. The van der Waals surface area contributed by atoms with Gasteiger partial charge in [0.25, 0.3) is 11.5 Å². The van der Waals surface area contributed by atoms with Crippen LogP contribution in [0.2, 0.25) is 0 Å². The fraction of sp³-hybridized carbons (Fsp3) is 0.211. The Morgan fingerprint density at radius 1 is 1.15 bits per heavy atom. The number of fused-ring (bicyclic) bond motifs is 1. The molecule has 2 heterocycles. The zero-order valence-corrected chi connectivity index (χ0v) is 17.1. The number of aromatic nitrogens is 4. The Hall–Kier alpha value is -4.69. The van der Waals surface area contributed by atoms with Crippen LogP contribution in [0.3, 0.4) is 0 Å². The van der Waals surface area contributed by atoms with Crippen molar-refractivity contribution < 1.29 is 33.4 Å². The molecule has 1 atom stereocenters. The van der Waals surface area contributed by atoms with E-state index in [1.54, 1.807) is 0 Å². The molecule has 3 aromatic rings. The number of nitrogens with one attached hydrogen (secondary N) is 3. The van der Waals surface area contributed by atoms with Crippen molar-refractivity contribution >= 4 is 40.6 Å². The molecule has 34 heavy (non-hydrogen) atoms. The number of halogens is 2. The molecule has 0 unspecified atom stereocenters. The number of hydrogen-bond donors (Lipinski definition) is 6. The molecule has 0 aliphatic heterocycles. The van der Waals surface area contributed by atoms with Gasteiger partial charge in [0.15, 0.2) is 11.2 Å². The molecule has 178 valence electrons. The van der Waals surface area contributed by atoms with Crippen LogP contribution < -0.4 is 21.9 Å². The van der Waals surface area contributed by atoms with Crippen LogP contribution in [0.15, 0.2) is 35.3 Å². The first-order valence-corrected chi connectivity index (χ1v) is 9.46. The number of carbonyl (C=O) groups excluding carboxylic acids is 1. The molecule has 0 aliphatic rings. The van der Waals surface area contributed by atoms with Gasteiger partial charge in [-0.2, -0.15) is 13.8 Å². The van der Waals surface area contributed by atoms with Crippen LogP contribution in [0.5, 0.6) is 0 Å². The van der Waals surface area contributed by atoms with Gasteiger partial charge < -0.3 is 26.6 Å². The van der Waals surface area contributed by atoms with Crippen LogP contribution in [0, 0.1) is 0 Å². The molecular formula is C19H17F2N7O6. The number of aliphatic carboxylic acids is 2. The minimum Gasteiger partial charge on any atom is -0.480 e. The van der Waals surface area contributed by atoms with Crippen LogP contribution >= 0.6 is 0 Å². The lowest BCUT2D eigenvalue weighted by Gasteiger charge is -2.18. The van der Waals surface area contributed by atoms with E-state index in [1.165, 1.54) is 30.5 Å². The number of nitrogen functional groups attached to an aromatic ring is 1. The Bertz CT molecular complexity index is 1310. The second-order valence-electron chi connectivity index (χ2n) is 6.99. The second kappa shape index (κ2) is 9.43. The largest absolute Gasteiger partial charge is 0.480 e. The zero-order chi connectivity index (χ0) is 25.0. The molecule has 13 nitrogen and oxygen atoms in total. The molecule has 1 aromatic carbocycles. The van der Waals surface area contributed by atoms with Gasteiger partial charge in [-0.1, -0.05) is 0 Å². The molecule has 0 radical (unpaired) electrons. The van der Waals surface area contributed by atoms with E-state index in [4.69, 9.17) is 15.9 Å². The van der Waals surface area contributed by atoms with Gasteiger partial charge in [-0.3, -0.25) is 14.6 Å². The lowest BCUT2D eigenvalue weighted by atomic mass is 10.1. The Morgan fingerprint density at radius 3 is 2.44 bits per heavy atom. The number of amides is 1. The number of anilines is 2. The Morgan fingerprint density at radius 2 is 1.82 bits per heavy atom. The van der Waals surface area contributed by atoms with Crippen LogP contribution in [0.25, 0.3) is 11.2 Å². The van der Waals surface area contributed by atoms with E-state index >= 15 is 0 Å². The van der Waals surface area contributed by atoms with Gasteiger partial charge in [0, 0.05) is 11.3 Å². The van der Waals surface area contributed by atoms with Crippen molar-refractivity contribution in [2.24, 2.45) is 0 Å². The van der Waals surface area contributed by atoms with Crippen molar-refractivity contribution in [3.05, 3.63) is 52.1 Å². The summed E-state index contributed by atoms with van der Waals surface area (Å²) in [7, 11) is 0. The maximum absolute atomic E-state index is 13.4. The molecule has 2 aromatic heterocycles. The number of rotatable bonds is 9. The monoisotopic (exact) mass is 477 g/mol. The normalized spacial score (nSPS) is 12.2. The van der Waals surface area contributed by atoms with Gasteiger partial charge in [-0.15, -0.1) is 0 Å². The molecule has 3 rings (SSSR count). The third-order valence-electron chi connectivity index (χ3n) is 4.48. The van der Waals surface area contributed by atoms with E-state index in [0.29, 0.717) is 11.4 Å². The maximum Gasteiger partial charge on any atom is 0.374 e. The number of alkyl halides is 2. The van der Waals surface area contributed by atoms with Crippen molar-refractivity contribution in [2.45, 2.75) is 24.9 Å². The summed E-state index contributed by atoms with van der Waals surface area (Å²) in [5, 5.41) is 22.4. The molecule has 0 aliphatic carbocycles. The number of carbonyl (C=O) groups is 3. The predicted molar refractivity (Wildman–Crippen MR) is 112 cm³/mol. The van der Waals surface area contributed by atoms with Gasteiger partial charge in [0.05, 0.1) is 24.9 Å². The first-order chi connectivity index (χ1) is 16.0. The zero-order valence-electron chi connectivity index (χ0n) is 17.1. The second-order valence-corrected chi connectivity index (χ2v) is 6.99. The van der Waals surface area contributed by atoms with E-state index in [1.807, 2.05) is 5.32 Å². The molecular weight excluding hydrogens is 460 g/mol. The molecule has 0 bridgehead atoms. The number of aromatic amines is 1. The van der Waals surface area contributed by atoms with Crippen LogP contribution in [0.4, 0.5) is 20.4 Å².